The number of benzene rings is 1. The Morgan fingerprint density at radius 3 is 2.40 bits per heavy atom. The van der Waals surface area contributed by atoms with E-state index in [0.717, 1.165) is 42.8 Å². The number of rotatable bonds is 5. The lowest BCUT2D eigenvalue weighted by Crippen LogP contribution is -2.48. The van der Waals surface area contributed by atoms with E-state index in [1.807, 2.05) is 26.8 Å². The van der Waals surface area contributed by atoms with Crippen molar-refractivity contribution < 1.29 is 5.11 Å². The summed E-state index contributed by atoms with van der Waals surface area (Å²) in [6.45, 7) is 15.3. The van der Waals surface area contributed by atoms with Crippen LogP contribution in [0.25, 0.3) is 11.0 Å². The highest BCUT2D eigenvalue weighted by Crippen LogP contribution is 2.24. The Bertz CT molecular complexity index is 930. The summed E-state index contributed by atoms with van der Waals surface area (Å²) in [5.41, 5.74) is 3.92. The first kappa shape index (κ1) is 22.1. The number of aromatic nitrogens is 2. The topological polar surface area (TPSA) is 77.2 Å². The third kappa shape index (κ3) is 5.09. The van der Waals surface area contributed by atoms with Gasteiger partial charge in [0, 0.05) is 50.8 Å². The predicted molar refractivity (Wildman–Crippen MR) is 123 cm³/mol. The number of fused-ring (bicyclic) bond motifs is 1. The molecule has 2 aromatic rings. The molecule has 1 aromatic heterocycles. The number of aliphatic imine (C=N–C) groups is 2. The smallest absolute Gasteiger partial charge is 0.224 e. The van der Waals surface area contributed by atoms with Crippen LogP contribution in [-0.4, -0.2) is 69.8 Å². The van der Waals surface area contributed by atoms with Gasteiger partial charge in [-0.05, 0) is 49.8 Å². The van der Waals surface area contributed by atoms with Crippen LogP contribution in [0.15, 0.2) is 52.4 Å². The van der Waals surface area contributed by atoms with Crippen LogP contribution in [0.1, 0.15) is 39.3 Å². The molecule has 7 heteroatoms. The molecule has 1 N–H and O–H groups in total. The SMILES string of the molecule is C=N/C(=N\C=C(/C)C(O)C(C)C)N1CCN(C(C)c2ccc3nccnc3c2)CC1. The molecule has 2 heterocycles. The molecule has 0 amide bonds. The van der Waals surface area contributed by atoms with Gasteiger partial charge in [-0.2, -0.15) is 0 Å². The zero-order valence-corrected chi connectivity index (χ0v) is 18.4. The molecule has 1 aromatic carbocycles. The van der Waals surface area contributed by atoms with Gasteiger partial charge >= 0.3 is 0 Å². The molecule has 0 bridgehead atoms. The number of aliphatic hydroxyl groups is 1. The second-order valence-electron chi connectivity index (χ2n) is 8.15. The van der Waals surface area contributed by atoms with Gasteiger partial charge < -0.3 is 10.0 Å². The van der Waals surface area contributed by atoms with Gasteiger partial charge in [0.15, 0.2) is 0 Å². The highest BCUT2D eigenvalue weighted by atomic mass is 16.3. The third-order valence-corrected chi connectivity index (χ3v) is 5.74. The predicted octanol–water partition coefficient (Wildman–Crippen LogP) is 3.29. The molecule has 3 rings (SSSR count). The fraction of sp³-hybridized carbons (Fsp3) is 0.478. The highest BCUT2D eigenvalue weighted by molar-refractivity contribution is 5.84. The van der Waals surface area contributed by atoms with Crippen molar-refractivity contribution in [2.75, 3.05) is 26.2 Å². The van der Waals surface area contributed by atoms with Crippen molar-refractivity contribution in [1.82, 2.24) is 19.8 Å². The molecule has 1 saturated heterocycles. The van der Waals surface area contributed by atoms with Crippen molar-refractivity contribution in [2.24, 2.45) is 15.9 Å². The molecule has 0 saturated carbocycles. The quantitative estimate of drug-likeness (QED) is 0.607. The molecule has 1 aliphatic rings. The Kier molecular flexibility index (Phi) is 7.29. The molecule has 0 spiro atoms. The zero-order valence-electron chi connectivity index (χ0n) is 18.4. The van der Waals surface area contributed by atoms with Crippen LogP contribution in [0.2, 0.25) is 0 Å². The minimum Gasteiger partial charge on any atom is -0.388 e. The number of aliphatic hydroxyl groups excluding tert-OH is 1. The number of hydrogen-bond acceptors (Lipinski definition) is 5. The van der Waals surface area contributed by atoms with Crippen LogP contribution in [-0.2, 0) is 0 Å². The first-order chi connectivity index (χ1) is 14.4. The maximum absolute atomic E-state index is 10.1. The highest BCUT2D eigenvalue weighted by Gasteiger charge is 2.24. The lowest BCUT2D eigenvalue weighted by Gasteiger charge is -2.38. The molecular formula is C23H32N6O. The molecule has 7 nitrogen and oxygen atoms in total. The van der Waals surface area contributed by atoms with E-state index >= 15 is 0 Å². The number of piperazine rings is 1. The van der Waals surface area contributed by atoms with Crippen LogP contribution in [0, 0.1) is 5.92 Å². The summed E-state index contributed by atoms with van der Waals surface area (Å²) >= 11 is 0. The Balaban J connectivity index is 1.64. The summed E-state index contributed by atoms with van der Waals surface area (Å²) in [5, 5.41) is 10.1. The molecule has 30 heavy (non-hydrogen) atoms. The minimum absolute atomic E-state index is 0.155. The molecule has 160 valence electrons. The summed E-state index contributed by atoms with van der Waals surface area (Å²) in [6.07, 6.45) is 4.66. The molecule has 1 aliphatic heterocycles. The van der Waals surface area contributed by atoms with E-state index in [0.29, 0.717) is 12.0 Å². The van der Waals surface area contributed by atoms with Gasteiger partial charge in [0.1, 0.15) is 0 Å². The Morgan fingerprint density at radius 1 is 1.10 bits per heavy atom. The fourth-order valence-corrected chi connectivity index (χ4v) is 3.74. The van der Waals surface area contributed by atoms with E-state index in [1.165, 1.54) is 5.56 Å². The molecule has 1 fully saturated rings. The molecule has 0 aliphatic carbocycles. The lowest BCUT2D eigenvalue weighted by atomic mass is 10.0. The van der Waals surface area contributed by atoms with Crippen molar-refractivity contribution in [3.63, 3.8) is 0 Å². The van der Waals surface area contributed by atoms with E-state index in [4.69, 9.17) is 0 Å². The summed E-state index contributed by atoms with van der Waals surface area (Å²) in [7, 11) is 0. The number of nitrogens with zero attached hydrogens (tertiary/aromatic N) is 6. The lowest BCUT2D eigenvalue weighted by molar-refractivity contribution is 0.140. The monoisotopic (exact) mass is 408 g/mol. The average Bonchev–Trinajstić information content (AvgIpc) is 2.78. The van der Waals surface area contributed by atoms with Gasteiger partial charge in [0.2, 0.25) is 5.96 Å². The van der Waals surface area contributed by atoms with Gasteiger partial charge in [-0.1, -0.05) is 19.9 Å². The molecule has 0 radical (unpaired) electrons. The first-order valence-corrected chi connectivity index (χ1v) is 10.5. The van der Waals surface area contributed by atoms with Crippen molar-refractivity contribution in [2.45, 2.75) is 39.8 Å². The Hall–Kier alpha value is -2.64. The van der Waals surface area contributed by atoms with Crippen molar-refractivity contribution in [3.8, 4) is 0 Å². The second-order valence-corrected chi connectivity index (χ2v) is 8.15. The Labute approximate surface area is 178 Å². The van der Waals surface area contributed by atoms with Crippen molar-refractivity contribution >= 4 is 23.7 Å². The van der Waals surface area contributed by atoms with Crippen LogP contribution in [0.3, 0.4) is 0 Å². The maximum Gasteiger partial charge on any atom is 0.224 e. The van der Waals surface area contributed by atoms with Crippen LogP contribution < -0.4 is 0 Å². The van der Waals surface area contributed by atoms with Crippen molar-refractivity contribution in [1.29, 1.82) is 0 Å². The summed E-state index contributed by atoms with van der Waals surface area (Å²) in [6, 6.07) is 6.60. The average molecular weight is 409 g/mol. The van der Waals surface area contributed by atoms with Gasteiger partial charge in [0.05, 0.1) is 17.1 Å². The first-order valence-electron chi connectivity index (χ1n) is 10.5. The van der Waals surface area contributed by atoms with E-state index < -0.39 is 6.10 Å². The summed E-state index contributed by atoms with van der Waals surface area (Å²) in [5.74, 6) is 0.765. The number of hydrogen-bond donors (Lipinski definition) is 1. The van der Waals surface area contributed by atoms with Crippen molar-refractivity contribution in [3.05, 3.63) is 47.9 Å². The summed E-state index contributed by atoms with van der Waals surface area (Å²) in [4.78, 5) is 22.0. The number of guanidine groups is 1. The largest absolute Gasteiger partial charge is 0.388 e. The molecule has 2 atom stereocenters. The van der Waals surface area contributed by atoms with Gasteiger partial charge in [-0.15, -0.1) is 0 Å². The van der Waals surface area contributed by atoms with Gasteiger partial charge in [-0.25, -0.2) is 9.98 Å². The molecular weight excluding hydrogens is 376 g/mol. The zero-order chi connectivity index (χ0) is 21.7. The molecule has 2 unspecified atom stereocenters. The van der Waals surface area contributed by atoms with Gasteiger partial charge in [-0.3, -0.25) is 14.9 Å². The van der Waals surface area contributed by atoms with E-state index in [9.17, 15) is 5.11 Å². The Morgan fingerprint density at radius 2 is 1.77 bits per heavy atom. The van der Waals surface area contributed by atoms with E-state index in [2.05, 4.69) is 55.5 Å². The van der Waals surface area contributed by atoms with Gasteiger partial charge in [0.25, 0.3) is 0 Å². The normalized spacial score (nSPS) is 18.7. The minimum atomic E-state index is -0.496. The van der Waals surface area contributed by atoms with Crippen LogP contribution in [0.5, 0.6) is 0 Å². The van der Waals surface area contributed by atoms with Crippen LogP contribution in [0.4, 0.5) is 0 Å². The second kappa shape index (κ2) is 9.91. The van der Waals surface area contributed by atoms with E-state index in [-0.39, 0.29) is 5.92 Å². The summed E-state index contributed by atoms with van der Waals surface area (Å²) < 4.78 is 0. The fourth-order valence-electron chi connectivity index (χ4n) is 3.74. The third-order valence-electron chi connectivity index (χ3n) is 5.74. The van der Waals surface area contributed by atoms with Crippen LogP contribution >= 0.6 is 0 Å². The maximum atomic E-state index is 10.1. The van der Waals surface area contributed by atoms with E-state index in [1.54, 1.807) is 18.6 Å². The standard InChI is InChI=1S/C23H32N6O/c1-16(2)22(30)17(3)15-27-23(24-5)29-12-10-28(11-13-29)18(4)19-6-7-20-21(14-19)26-9-8-25-20/h6-9,14-16,18,22,30H,5,10-13H2,1-4H3/b17-15+,27-23+.